The molecule has 0 aliphatic rings. The van der Waals surface area contributed by atoms with Crippen LogP contribution in [0.3, 0.4) is 0 Å². The summed E-state index contributed by atoms with van der Waals surface area (Å²) in [6.07, 6.45) is 1.92. The average molecular weight is 155 g/mol. The normalized spacial score (nSPS) is 12.7. The Labute approximate surface area is 68.5 Å². The molecule has 0 heterocycles. The fourth-order valence-corrected chi connectivity index (χ4v) is 0.918. The van der Waals surface area contributed by atoms with Crippen molar-refractivity contribution in [1.29, 1.82) is 0 Å². The fraction of sp³-hybridized carbons (Fsp3) is 0.667. The zero-order valence-electron chi connectivity index (χ0n) is 7.72. The molecule has 0 aliphatic carbocycles. The lowest BCUT2D eigenvalue weighted by atomic mass is 9.99. The molecule has 11 heavy (non-hydrogen) atoms. The average Bonchev–Trinajstić information content (AvgIpc) is 1.81. The van der Waals surface area contributed by atoms with Crippen molar-refractivity contribution < 1.29 is 4.79 Å². The Morgan fingerprint density at radius 3 is 1.82 bits per heavy atom. The highest BCUT2D eigenvalue weighted by atomic mass is 16.1. The summed E-state index contributed by atoms with van der Waals surface area (Å²) < 4.78 is 0. The first kappa shape index (κ1) is 10.2. The van der Waals surface area contributed by atoms with Crippen LogP contribution in [0.15, 0.2) is 11.6 Å². The monoisotopic (exact) mass is 155 g/mol. The van der Waals surface area contributed by atoms with Crippen LogP contribution in [0.4, 0.5) is 0 Å². The van der Waals surface area contributed by atoms with Crippen LogP contribution in [0, 0.1) is 11.8 Å². The van der Waals surface area contributed by atoms with Gasteiger partial charge in [0.05, 0.1) is 0 Å². The van der Waals surface area contributed by atoms with Crippen molar-refractivity contribution in [2.45, 2.75) is 27.7 Å². The van der Waals surface area contributed by atoms with Gasteiger partial charge in [0, 0.05) is 5.57 Å². The molecule has 0 aromatic rings. The second-order valence-corrected chi connectivity index (χ2v) is 3.38. The molecule has 0 aromatic heterocycles. The van der Waals surface area contributed by atoms with E-state index in [9.17, 15) is 4.79 Å². The van der Waals surface area contributed by atoms with Gasteiger partial charge in [-0.1, -0.05) is 33.8 Å². The van der Waals surface area contributed by atoms with Crippen LogP contribution in [-0.4, -0.2) is 5.91 Å². The van der Waals surface area contributed by atoms with E-state index in [2.05, 4.69) is 0 Å². The van der Waals surface area contributed by atoms with Gasteiger partial charge in [0.15, 0.2) is 0 Å². The maximum Gasteiger partial charge on any atom is 0.244 e. The van der Waals surface area contributed by atoms with Crippen LogP contribution in [0.2, 0.25) is 0 Å². The number of nitrogens with two attached hydrogens (primary N) is 1. The Morgan fingerprint density at radius 1 is 1.27 bits per heavy atom. The molecular formula is C9H17NO. The predicted octanol–water partition coefficient (Wildman–Crippen LogP) is 1.71. The molecule has 2 N–H and O–H groups in total. The summed E-state index contributed by atoms with van der Waals surface area (Å²) in [6, 6.07) is 0. The number of primary amides is 1. The number of hydrogen-bond donors (Lipinski definition) is 1. The topological polar surface area (TPSA) is 43.1 Å². The number of allylic oxidation sites excluding steroid dienone is 1. The molecule has 0 spiro atoms. The van der Waals surface area contributed by atoms with Crippen LogP contribution in [0.5, 0.6) is 0 Å². The summed E-state index contributed by atoms with van der Waals surface area (Å²) in [6.45, 7) is 8.01. The molecule has 0 saturated heterocycles. The van der Waals surface area contributed by atoms with Gasteiger partial charge in [-0.2, -0.15) is 0 Å². The smallest absolute Gasteiger partial charge is 0.244 e. The van der Waals surface area contributed by atoms with Gasteiger partial charge in [-0.25, -0.2) is 0 Å². The third-order valence-electron chi connectivity index (χ3n) is 1.42. The van der Waals surface area contributed by atoms with Crippen LogP contribution in [-0.2, 0) is 4.79 Å². The second kappa shape index (κ2) is 4.16. The largest absolute Gasteiger partial charge is 0.366 e. The number of hydrogen-bond acceptors (Lipinski definition) is 1. The van der Waals surface area contributed by atoms with E-state index in [0.29, 0.717) is 5.92 Å². The number of carbonyl (C=O) groups excluding carboxylic acids is 1. The zero-order chi connectivity index (χ0) is 9.02. The lowest BCUT2D eigenvalue weighted by Crippen LogP contribution is -2.18. The summed E-state index contributed by atoms with van der Waals surface area (Å²) in [7, 11) is 0. The third-order valence-corrected chi connectivity index (χ3v) is 1.42. The summed E-state index contributed by atoms with van der Waals surface area (Å²) in [5.74, 6) is 0.323. The van der Waals surface area contributed by atoms with Crippen molar-refractivity contribution in [2.24, 2.45) is 17.6 Å². The first-order valence-electron chi connectivity index (χ1n) is 3.96. The Morgan fingerprint density at radius 2 is 1.73 bits per heavy atom. The third kappa shape index (κ3) is 3.81. The molecule has 0 radical (unpaired) electrons. The van der Waals surface area contributed by atoms with Crippen molar-refractivity contribution >= 4 is 5.91 Å². The van der Waals surface area contributed by atoms with Crippen LogP contribution >= 0.6 is 0 Å². The van der Waals surface area contributed by atoms with E-state index in [0.717, 1.165) is 5.57 Å². The molecule has 0 bridgehead atoms. The predicted molar refractivity (Wildman–Crippen MR) is 47.0 cm³/mol. The van der Waals surface area contributed by atoms with Crippen molar-refractivity contribution in [3.63, 3.8) is 0 Å². The van der Waals surface area contributed by atoms with E-state index < -0.39 is 0 Å². The van der Waals surface area contributed by atoms with Crippen LogP contribution in [0.25, 0.3) is 0 Å². The van der Waals surface area contributed by atoms with E-state index in [4.69, 9.17) is 5.73 Å². The van der Waals surface area contributed by atoms with Gasteiger partial charge in [-0.15, -0.1) is 0 Å². The Hall–Kier alpha value is -0.790. The highest BCUT2D eigenvalue weighted by Gasteiger charge is 2.09. The lowest BCUT2D eigenvalue weighted by Gasteiger charge is -2.08. The summed E-state index contributed by atoms with van der Waals surface area (Å²) in [5, 5.41) is 0. The van der Waals surface area contributed by atoms with Gasteiger partial charge in [-0.3, -0.25) is 4.79 Å². The zero-order valence-corrected chi connectivity index (χ0v) is 7.72. The van der Waals surface area contributed by atoms with Crippen LogP contribution < -0.4 is 5.73 Å². The van der Waals surface area contributed by atoms with E-state index >= 15 is 0 Å². The molecule has 0 unspecified atom stereocenters. The Balaban J connectivity index is 4.47. The molecule has 0 atom stereocenters. The molecule has 0 fully saturated rings. The lowest BCUT2D eigenvalue weighted by molar-refractivity contribution is -0.115. The Kier molecular flexibility index (Phi) is 3.86. The van der Waals surface area contributed by atoms with Gasteiger partial charge in [0.25, 0.3) is 0 Å². The van der Waals surface area contributed by atoms with E-state index in [1.54, 1.807) is 0 Å². The highest BCUT2D eigenvalue weighted by molar-refractivity contribution is 5.92. The SMILES string of the molecule is CC(C)C=C(C(N)=O)C(C)C. The van der Waals surface area contributed by atoms with Crippen molar-refractivity contribution in [1.82, 2.24) is 0 Å². The molecule has 0 rings (SSSR count). The summed E-state index contributed by atoms with van der Waals surface area (Å²) >= 11 is 0. The van der Waals surface area contributed by atoms with E-state index in [-0.39, 0.29) is 11.8 Å². The minimum atomic E-state index is -0.297. The molecule has 0 saturated carbocycles. The molecule has 2 nitrogen and oxygen atoms in total. The maximum absolute atomic E-state index is 10.8. The molecule has 1 amide bonds. The number of rotatable bonds is 3. The fourth-order valence-electron chi connectivity index (χ4n) is 0.918. The molecule has 64 valence electrons. The van der Waals surface area contributed by atoms with Crippen LogP contribution in [0.1, 0.15) is 27.7 Å². The minimum Gasteiger partial charge on any atom is -0.366 e. The van der Waals surface area contributed by atoms with Gasteiger partial charge >= 0.3 is 0 Å². The second-order valence-electron chi connectivity index (χ2n) is 3.38. The van der Waals surface area contributed by atoms with Gasteiger partial charge in [0.2, 0.25) is 5.91 Å². The van der Waals surface area contributed by atoms with Crippen molar-refractivity contribution in [3.05, 3.63) is 11.6 Å². The summed E-state index contributed by atoms with van der Waals surface area (Å²) in [4.78, 5) is 10.8. The molecular weight excluding hydrogens is 138 g/mol. The first-order chi connectivity index (χ1) is 4.95. The molecule has 0 aromatic carbocycles. The quantitative estimate of drug-likeness (QED) is 0.619. The summed E-state index contributed by atoms with van der Waals surface area (Å²) in [5.41, 5.74) is 5.91. The van der Waals surface area contributed by atoms with Gasteiger partial charge in [-0.05, 0) is 11.8 Å². The number of amides is 1. The van der Waals surface area contributed by atoms with E-state index in [1.807, 2.05) is 33.8 Å². The van der Waals surface area contributed by atoms with Gasteiger partial charge < -0.3 is 5.73 Å². The maximum atomic E-state index is 10.8. The minimum absolute atomic E-state index is 0.231. The molecule has 0 aliphatic heterocycles. The highest BCUT2D eigenvalue weighted by Crippen LogP contribution is 2.11. The molecule has 2 heteroatoms. The Bertz CT molecular complexity index is 168. The van der Waals surface area contributed by atoms with Crippen molar-refractivity contribution in [3.8, 4) is 0 Å². The van der Waals surface area contributed by atoms with E-state index in [1.165, 1.54) is 0 Å². The van der Waals surface area contributed by atoms with Crippen molar-refractivity contribution in [2.75, 3.05) is 0 Å². The number of carbonyl (C=O) groups is 1. The first-order valence-corrected chi connectivity index (χ1v) is 3.96. The standard InChI is InChI=1S/C9H17NO/c1-6(2)5-8(7(3)4)9(10)11/h5-7H,1-4H3,(H2,10,11). The van der Waals surface area contributed by atoms with Gasteiger partial charge in [0.1, 0.15) is 0 Å².